The van der Waals surface area contributed by atoms with Gasteiger partial charge in [-0.05, 0) is 12.1 Å². The highest BCUT2D eigenvalue weighted by atomic mass is 32.1. The zero-order valence-corrected chi connectivity index (χ0v) is 6.88. The van der Waals surface area contributed by atoms with E-state index in [1.54, 1.807) is 23.7 Å². The van der Waals surface area contributed by atoms with Crippen LogP contribution in [0.15, 0.2) is 29.8 Å². The number of benzene rings is 1. The molecule has 0 N–H and O–H groups in total. The van der Waals surface area contributed by atoms with Crippen LogP contribution in [0, 0.1) is 5.82 Å². The molecule has 2 aromatic rings. The largest absolute Gasteiger partial charge is 0.206 e. The van der Waals surface area contributed by atoms with Crippen LogP contribution in [0.25, 0.3) is 10.6 Å². The average Bonchev–Trinajstić information content (AvgIpc) is 2.57. The van der Waals surface area contributed by atoms with Gasteiger partial charge in [-0.3, -0.25) is 0 Å². The molecule has 0 atom stereocenters. The van der Waals surface area contributed by atoms with Gasteiger partial charge in [-0.25, -0.2) is 4.39 Å². The van der Waals surface area contributed by atoms with E-state index in [0.717, 1.165) is 0 Å². The Labute approximate surface area is 72.7 Å². The fourth-order valence-corrected chi connectivity index (χ4v) is 1.51. The van der Waals surface area contributed by atoms with E-state index in [4.69, 9.17) is 0 Å². The highest BCUT2D eigenvalue weighted by molar-refractivity contribution is 7.12. The Bertz CT molecular complexity index is 372. The van der Waals surface area contributed by atoms with Gasteiger partial charge in [-0.2, -0.15) is 0 Å². The minimum atomic E-state index is -0.255. The second-order valence-electron chi connectivity index (χ2n) is 2.22. The topological polar surface area (TPSA) is 25.8 Å². The molecule has 60 valence electrons. The first kappa shape index (κ1) is 7.36. The molecule has 0 saturated heterocycles. The van der Waals surface area contributed by atoms with Gasteiger partial charge < -0.3 is 0 Å². The summed E-state index contributed by atoms with van der Waals surface area (Å²) in [7, 11) is 0. The number of halogens is 1. The Hall–Kier alpha value is -1.29. The third-order valence-electron chi connectivity index (χ3n) is 1.46. The molecule has 0 aliphatic rings. The lowest BCUT2D eigenvalue weighted by atomic mass is 10.2. The van der Waals surface area contributed by atoms with Gasteiger partial charge in [0.05, 0.1) is 0 Å². The number of hydrogen-bond donors (Lipinski definition) is 0. The zero-order chi connectivity index (χ0) is 8.39. The van der Waals surface area contributed by atoms with E-state index >= 15 is 0 Å². The van der Waals surface area contributed by atoms with Gasteiger partial charge in [0.1, 0.15) is 16.3 Å². The summed E-state index contributed by atoms with van der Waals surface area (Å²) in [6.45, 7) is 0. The fourth-order valence-electron chi connectivity index (χ4n) is 0.925. The van der Waals surface area contributed by atoms with Crippen LogP contribution in [-0.2, 0) is 0 Å². The van der Waals surface area contributed by atoms with Gasteiger partial charge in [0.15, 0.2) is 0 Å². The van der Waals surface area contributed by atoms with E-state index in [-0.39, 0.29) is 5.82 Å². The van der Waals surface area contributed by atoms with Crippen molar-refractivity contribution in [2.24, 2.45) is 0 Å². The van der Waals surface area contributed by atoms with Crippen LogP contribution >= 0.6 is 11.3 Å². The maximum Gasteiger partial charge on any atom is 0.150 e. The van der Waals surface area contributed by atoms with Gasteiger partial charge in [0.2, 0.25) is 0 Å². The summed E-state index contributed by atoms with van der Waals surface area (Å²) in [5, 5.41) is 8.04. The maximum atomic E-state index is 13.1. The van der Waals surface area contributed by atoms with Crippen molar-refractivity contribution in [1.29, 1.82) is 0 Å². The SMILES string of the molecule is Fc1ccccc1-c1nncs1. The second-order valence-corrected chi connectivity index (χ2v) is 3.06. The minimum absolute atomic E-state index is 0.255. The van der Waals surface area contributed by atoms with Crippen LogP contribution in [0.2, 0.25) is 0 Å². The summed E-state index contributed by atoms with van der Waals surface area (Å²) in [6.07, 6.45) is 0. The molecule has 0 fully saturated rings. The van der Waals surface area contributed by atoms with E-state index in [1.807, 2.05) is 0 Å². The van der Waals surface area contributed by atoms with Gasteiger partial charge in [-0.1, -0.05) is 23.5 Å². The van der Waals surface area contributed by atoms with E-state index < -0.39 is 0 Å². The number of hydrogen-bond acceptors (Lipinski definition) is 3. The van der Waals surface area contributed by atoms with Crippen molar-refractivity contribution >= 4 is 11.3 Å². The lowest BCUT2D eigenvalue weighted by Gasteiger charge is -1.94. The number of nitrogens with zero attached hydrogens (tertiary/aromatic N) is 2. The molecule has 1 heterocycles. The van der Waals surface area contributed by atoms with E-state index in [2.05, 4.69) is 10.2 Å². The summed E-state index contributed by atoms with van der Waals surface area (Å²) in [4.78, 5) is 0. The lowest BCUT2D eigenvalue weighted by Crippen LogP contribution is -1.81. The molecule has 0 amide bonds. The van der Waals surface area contributed by atoms with Crippen LogP contribution in [0.1, 0.15) is 0 Å². The smallest absolute Gasteiger partial charge is 0.150 e. The molecule has 4 heteroatoms. The third-order valence-corrected chi connectivity index (χ3v) is 2.19. The van der Waals surface area contributed by atoms with Crippen LogP contribution < -0.4 is 0 Å². The van der Waals surface area contributed by atoms with Crippen LogP contribution in [0.3, 0.4) is 0 Å². The molecular formula is C8H5FN2S. The van der Waals surface area contributed by atoms with E-state index in [9.17, 15) is 4.39 Å². The Kier molecular flexibility index (Phi) is 1.83. The normalized spacial score (nSPS) is 10.1. The molecule has 0 bridgehead atoms. The fraction of sp³-hybridized carbons (Fsp3) is 0. The van der Waals surface area contributed by atoms with Crippen molar-refractivity contribution in [3.8, 4) is 10.6 Å². The first-order valence-electron chi connectivity index (χ1n) is 3.39. The standard InChI is InChI=1S/C8H5FN2S/c9-7-4-2-1-3-6(7)8-11-10-5-12-8/h1-5H. The molecule has 0 aliphatic heterocycles. The summed E-state index contributed by atoms with van der Waals surface area (Å²) in [5.74, 6) is -0.255. The van der Waals surface area contributed by atoms with Crippen LogP contribution in [0.5, 0.6) is 0 Å². The van der Waals surface area contributed by atoms with Crippen molar-refractivity contribution in [2.45, 2.75) is 0 Å². The molecule has 12 heavy (non-hydrogen) atoms. The third kappa shape index (κ3) is 1.21. The Morgan fingerprint density at radius 1 is 1.25 bits per heavy atom. The highest BCUT2D eigenvalue weighted by Gasteiger charge is 2.05. The van der Waals surface area contributed by atoms with Gasteiger partial charge in [-0.15, -0.1) is 10.2 Å². The minimum Gasteiger partial charge on any atom is -0.206 e. The molecule has 1 aromatic carbocycles. The average molecular weight is 180 g/mol. The second kappa shape index (κ2) is 2.98. The van der Waals surface area contributed by atoms with E-state index in [0.29, 0.717) is 10.6 Å². The Morgan fingerprint density at radius 2 is 2.08 bits per heavy atom. The molecule has 0 unspecified atom stereocenters. The van der Waals surface area contributed by atoms with Crippen molar-refractivity contribution < 1.29 is 4.39 Å². The summed E-state index contributed by atoms with van der Waals surface area (Å²) >= 11 is 1.33. The van der Waals surface area contributed by atoms with Crippen molar-refractivity contribution in [3.05, 3.63) is 35.6 Å². The predicted molar refractivity (Wildman–Crippen MR) is 45.3 cm³/mol. The molecule has 2 rings (SSSR count). The maximum absolute atomic E-state index is 13.1. The Morgan fingerprint density at radius 3 is 2.75 bits per heavy atom. The molecule has 0 aliphatic carbocycles. The lowest BCUT2D eigenvalue weighted by molar-refractivity contribution is 0.631. The summed E-state index contributed by atoms with van der Waals surface area (Å²) in [6, 6.07) is 6.53. The number of aromatic nitrogens is 2. The van der Waals surface area contributed by atoms with Crippen molar-refractivity contribution in [3.63, 3.8) is 0 Å². The van der Waals surface area contributed by atoms with Crippen molar-refractivity contribution in [1.82, 2.24) is 10.2 Å². The predicted octanol–water partition coefficient (Wildman–Crippen LogP) is 2.34. The van der Waals surface area contributed by atoms with Crippen LogP contribution in [0.4, 0.5) is 4.39 Å². The number of rotatable bonds is 1. The highest BCUT2D eigenvalue weighted by Crippen LogP contribution is 2.22. The van der Waals surface area contributed by atoms with Crippen LogP contribution in [-0.4, -0.2) is 10.2 Å². The van der Waals surface area contributed by atoms with Gasteiger partial charge >= 0.3 is 0 Å². The first-order valence-corrected chi connectivity index (χ1v) is 4.27. The molecular weight excluding hydrogens is 175 g/mol. The van der Waals surface area contributed by atoms with Gasteiger partial charge in [0.25, 0.3) is 0 Å². The van der Waals surface area contributed by atoms with E-state index in [1.165, 1.54) is 17.4 Å². The Balaban J connectivity index is 2.55. The molecule has 1 aromatic heterocycles. The van der Waals surface area contributed by atoms with Gasteiger partial charge in [0, 0.05) is 5.56 Å². The summed E-state index contributed by atoms with van der Waals surface area (Å²) < 4.78 is 13.1. The molecule has 0 radical (unpaired) electrons. The molecule has 2 nitrogen and oxygen atoms in total. The van der Waals surface area contributed by atoms with Crippen molar-refractivity contribution in [2.75, 3.05) is 0 Å². The quantitative estimate of drug-likeness (QED) is 0.673. The zero-order valence-electron chi connectivity index (χ0n) is 6.07. The molecule has 0 spiro atoms. The first-order chi connectivity index (χ1) is 5.88. The summed E-state index contributed by atoms with van der Waals surface area (Å²) in [5.41, 5.74) is 2.10. The monoisotopic (exact) mass is 180 g/mol. The molecule has 0 saturated carbocycles.